The number of rotatable bonds is 4. The van der Waals surface area contributed by atoms with Crippen molar-refractivity contribution < 1.29 is 4.79 Å². The van der Waals surface area contributed by atoms with Crippen LogP contribution < -0.4 is 5.32 Å². The fraction of sp³-hybridized carbons (Fsp3) is 0.214. The van der Waals surface area contributed by atoms with E-state index in [1.54, 1.807) is 0 Å². The topological polar surface area (TPSA) is 34.0 Å². The molecule has 94 valence electrons. The van der Waals surface area contributed by atoms with E-state index in [4.69, 9.17) is 11.6 Å². The summed E-state index contributed by atoms with van der Waals surface area (Å²) in [5, 5.41) is 2.18. The normalized spacial score (nSPS) is 12.1. The second-order valence-electron chi connectivity index (χ2n) is 4.18. The molecule has 1 atom stereocenters. The van der Waals surface area contributed by atoms with Crippen molar-refractivity contribution in [2.45, 2.75) is 11.9 Å². The molecule has 0 bridgehead atoms. The van der Waals surface area contributed by atoms with E-state index in [0.29, 0.717) is 6.54 Å². The monoisotopic (exact) mass is 262 g/mol. The molecule has 0 saturated heterocycles. The number of nitrogens with zero attached hydrogens (tertiary/aromatic N) is 1. The number of amides is 1. The summed E-state index contributed by atoms with van der Waals surface area (Å²) in [5.74, 6) is -0.174. The number of carbonyl (C=O) groups excluding carboxylic acids is 1. The maximum Gasteiger partial charge on any atom is 0.242 e. The Morgan fingerprint density at radius 3 is 2.67 bits per heavy atom. The first-order valence-electron chi connectivity index (χ1n) is 5.74. The highest BCUT2D eigenvalue weighted by Gasteiger charge is 2.16. The van der Waals surface area contributed by atoms with E-state index in [0.717, 1.165) is 11.1 Å². The molecule has 2 aromatic rings. The van der Waals surface area contributed by atoms with Crippen LogP contribution in [0.15, 0.2) is 48.8 Å². The number of carbonyl (C=O) groups is 1. The van der Waals surface area contributed by atoms with E-state index >= 15 is 0 Å². The molecule has 1 N–H and O–H groups in total. The van der Waals surface area contributed by atoms with Gasteiger partial charge in [-0.3, -0.25) is 4.79 Å². The van der Waals surface area contributed by atoms with E-state index in [9.17, 15) is 4.79 Å². The van der Waals surface area contributed by atoms with E-state index in [-0.39, 0.29) is 5.91 Å². The van der Waals surface area contributed by atoms with Gasteiger partial charge in [0.1, 0.15) is 5.38 Å². The molecule has 0 fully saturated rings. The molecule has 0 saturated carbocycles. The van der Waals surface area contributed by atoms with Crippen LogP contribution in [0.25, 0.3) is 0 Å². The van der Waals surface area contributed by atoms with Gasteiger partial charge in [-0.1, -0.05) is 30.3 Å². The molecule has 1 aromatic heterocycles. The van der Waals surface area contributed by atoms with E-state index in [1.165, 1.54) is 0 Å². The molecule has 3 nitrogen and oxygen atoms in total. The predicted octanol–water partition coefficient (Wildman–Crippen LogP) is 2.62. The zero-order valence-corrected chi connectivity index (χ0v) is 10.9. The summed E-state index contributed by atoms with van der Waals surface area (Å²) < 4.78 is 1.94. The Labute approximate surface area is 111 Å². The predicted molar refractivity (Wildman–Crippen MR) is 72.3 cm³/mol. The molecule has 0 aliphatic heterocycles. The van der Waals surface area contributed by atoms with Gasteiger partial charge in [-0.15, -0.1) is 11.6 Å². The van der Waals surface area contributed by atoms with Gasteiger partial charge in [0.2, 0.25) is 5.91 Å². The van der Waals surface area contributed by atoms with Crippen molar-refractivity contribution in [1.82, 2.24) is 9.88 Å². The van der Waals surface area contributed by atoms with Crippen molar-refractivity contribution >= 4 is 17.5 Å². The summed E-state index contributed by atoms with van der Waals surface area (Å²) in [6.07, 6.45) is 3.91. The van der Waals surface area contributed by atoms with Crippen molar-refractivity contribution in [3.05, 3.63) is 59.9 Å². The van der Waals surface area contributed by atoms with Gasteiger partial charge in [0.05, 0.1) is 0 Å². The smallest absolute Gasteiger partial charge is 0.242 e. The molecular weight excluding hydrogens is 248 g/mol. The minimum Gasteiger partial charge on any atom is -0.357 e. The number of aromatic nitrogens is 1. The third-order valence-electron chi connectivity index (χ3n) is 2.68. The summed E-state index contributed by atoms with van der Waals surface area (Å²) in [5.41, 5.74) is 1.87. The number of alkyl halides is 1. The maximum absolute atomic E-state index is 11.9. The largest absolute Gasteiger partial charge is 0.357 e. The second kappa shape index (κ2) is 5.74. The number of hydrogen-bond donors (Lipinski definition) is 1. The average Bonchev–Trinajstić information content (AvgIpc) is 2.82. The van der Waals surface area contributed by atoms with Crippen LogP contribution in [0.4, 0.5) is 0 Å². The summed E-state index contributed by atoms with van der Waals surface area (Å²) in [6.45, 7) is 0.496. The van der Waals surface area contributed by atoms with Gasteiger partial charge < -0.3 is 9.88 Å². The molecule has 2 rings (SSSR count). The Morgan fingerprint density at radius 1 is 1.33 bits per heavy atom. The van der Waals surface area contributed by atoms with Crippen LogP contribution in [-0.2, 0) is 18.4 Å². The number of nitrogens with one attached hydrogen (secondary N) is 1. The van der Waals surface area contributed by atoms with Crippen LogP contribution in [-0.4, -0.2) is 10.5 Å². The van der Waals surface area contributed by atoms with Gasteiger partial charge in [0.15, 0.2) is 0 Å². The summed E-state index contributed by atoms with van der Waals surface area (Å²) >= 11 is 6.11. The lowest BCUT2D eigenvalue weighted by Crippen LogP contribution is -2.26. The van der Waals surface area contributed by atoms with Gasteiger partial charge in [-0.2, -0.15) is 0 Å². The van der Waals surface area contributed by atoms with Gasteiger partial charge in [0.25, 0.3) is 0 Å². The number of aryl methyl sites for hydroxylation is 1. The van der Waals surface area contributed by atoms with E-state index < -0.39 is 5.38 Å². The van der Waals surface area contributed by atoms with Crippen molar-refractivity contribution in [3.63, 3.8) is 0 Å². The summed E-state index contributed by atoms with van der Waals surface area (Å²) in [4.78, 5) is 11.9. The minimum atomic E-state index is -0.644. The third kappa shape index (κ3) is 3.14. The van der Waals surface area contributed by atoms with Crippen LogP contribution in [0, 0.1) is 0 Å². The van der Waals surface area contributed by atoms with Crippen LogP contribution >= 0.6 is 11.6 Å². The van der Waals surface area contributed by atoms with E-state index in [1.807, 2.05) is 60.4 Å². The molecular formula is C14H15ClN2O. The lowest BCUT2D eigenvalue weighted by molar-refractivity contribution is -0.121. The molecule has 4 heteroatoms. The fourth-order valence-electron chi connectivity index (χ4n) is 1.72. The lowest BCUT2D eigenvalue weighted by atomic mass is 10.1. The SMILES string of the molecule is Cn1ccc(CNC(=O)C(Cl)c2ccccc2)c1. The number of halogens is 1. The second-order valence-corrected chi connectivity index (χ2v) is 4.61. The highest BCUT2D eigenvalue weighted by Crippen LogP contribution is 2.19. The number of hydrogen-bond acceptors (Lipinski definition) is 1. The molecule has 0 spiro atoms. The van der Waals surface area contributed by atoms with Crippen LogP contribution in [0.1, 0.15) is 16.5 Å². The minimum absolute atomic E-state index is 0.174. The standard InChI is InChI=1S/C14H15ClN2O/c1-17-8-7-11(10-17)9-16-14(18)13(15)12-5-3-2-4-6-12/h2-8,10,13H,9H2,1H3,(H,16,18). The quantitative estimate of drug-likeness (QED) is 0.845. The summed E-state index contributed by atoms with van der Waals surface area (Å²) in [7, 11) is 1.94. The Bertz CT molecular complexity index is 522. The molecule has 1 unspecified atom stereocenters. The zero-order chi connectivity index (χ0) is 13.0. The Hall–Kier alpha value is -1.74. The van der Waals surface area contributed by atoms with Gasteiger partial charge in [-0.05, 0) is 17.2 Å². The van der Waals surface area contributed by atoms with Crippen LogP contribution in [0.3, 0.4) is 0 Å². The lowest BCUT2D eigenvalue weighted by Gasteiger charge is -2.10. The van der Waals surface area contributed by atoms with Crippen LogP contribution in [0.5, 0.6) is 0 Å². The number of benzene rings is 1. The van der Waals surface area contributed by atoms with Crippen molar-refractivity contribution in [2.24, 2.45) is 7.05 Å². The Morgan fingerprint density at radius 2 is 2.06 bits per heavy atom. The third-order valence-corrected chi connectivity index (χ3v) is 3.13. The molecule has 1 aromatic carbocycles. The molecule has 18 heavy (non-hydrogen) atoms. The highest BCUT2D eigenvalue weighted by molar-refractivity contribution is 6.30. The highest BCUT2D eigenvalue weighted by atomic mass is 35.5. The van der Waals surface area contributed by atoms with Crippen molar-refractivity contribution in [3.8, 4) is 0 Å². The van der Waals surface area contributed by atoms with Crippen molar-refractivity contribution in [1.29, 1.82) is 0 Å². The molecule has 0 aliphatic carbocycles. The molecule has 0 aliphatic rings. The average molecular weight is 263 g/mol. The Balaban J connectivity index is 1.92. The Kier molecular flexibility index (Phi) is 4.05. The molecule has 1 heterocycles. The van der Waals surface area contributed by atoms with Gasteiger partial charge >= 0.3 is 0 Å². The first-order chi connectivity index (χ1) is 8.66. The van der Waals surface area contributed by atoms with Gasteiger partial charge in [0, 0.05) is 26.0 Å². The fourth-order valence-corrected chi connectivity index (χ4v) is 1.94. The first-order valence-corrected chi connectivity index (χ1v) is 6.18. The molecule has 1 amide bonds. The van der Waals surface area contributed by atoms with Crippen molar-refractivity contribution in [2.75, 3.05) is 0 Å². The first kappa shape index (κ1) is 12.7. The van der Waals surface area contributed by atoms with E-state index in [2.05, 4.69) is 5.32 Å². The summed E-state index contributed by atoms with van der Waals surface area (Å²) in [6, 6.07) is 11.3. The van der Waals surface area contributed by atoms with Gasteiger partial charge in [-0.25, -0.2) is 0 Å². The molecule has 0 radical (unpaired) electrons. The zero-order valence-electron chi connectivity index (χ0n) is 10.1. The van der Waals surface area contributed by atoms with Crippen LogP contribution in [0.2, 0.25) is 0 Å². The maximum atomic E-state index is 11.9.